The Morgan fingerprint density at radius 3 is 2.60 bits per heavy atom. The maximum Gasteiger partial charge on any atom is 0.334 e. The zero-order chi connectivity index (χ0) is 14.5. The fourth-order valence-corrected chi connectivity index (χ4v) is 3.15. The average Bonchev–Trinajstić information content (AvgIpc) is 3.23. The monoisotopic (exact) mass is 278 g/mol. The predicted octanol–water partition coefficient (Wildman–Crippen LogP) is 3.05. The van der Waals surface area contributed by atoms with Gasteiger partial charge in [-0.25, -0.2) is 4.68 Å². The van der Waals surface area contributed by atoms with E-state index in [9.17, 15) is 10.1 Å². The molecular weight excluding hydrogens is 256 g/mol. The molecule has 1 aromatic rings. The third-order valence-electron chi connectivity index (χ3n) is 4.72. The maximum atomic E-state index is 11.4. The summed E-state index contributed by atoms with van der Waals surface area (Å²) in [7, 11) is 1.78. The number of anilines is 1. The third kappa shape index (κ3) is 2.17. The van der Waals surface area contributed by atoms with Crippen molar-refractivity contribution in [1.82, 2.24) is 9.78 Å². The van der Waals surface area contributed by atoms with Crippen LogP contribution in [0.3, 0.4) is 0 Å². The smallest absolute Gasteiger partial charge is 0.334 e. The molecule has 2 aliphatic rings. The molecule has 6 nitrogen and oxygen atoms in total. The Morgan fingerprint density at radius 1 is 1.50 bits per heavy atom. The molecule has 0 saturated heterocycles. The van der Waals surface area contributed by atoms with Crippen molar-refractivity contribution in [3.8, 4) is 0 Å². The van der Waals surface area contributed by atoms with Gasteiger partial charge in [0.05, 0.1) is 4.92 Å². The first-order valence-electron chi connectivity index (χ1n) is 7.40. The number of rotatable bonds is 6. The highest BCUT2D eigenvalue weighted by Crippen LogP contribution is 2.61. The minimum atomic E-state index is -0.304. The Balaban J connectivity index is 1.83. The van der Waals surface area contributed by atoms with Gasteiger partial charge in [0, 0.05) is 19.5 Å². The van der Waals surface area contributed by atoms with Gasteiger partial charge in [0.2, 0.25) is 5.82 Å². The van der Waals surface area contributed by atoms with Crippen LogP contribution in [0.2, 0.25) is 0 Å². The van der Waals surface area contributed by atoms with Crippen molar-refractivity contribution in [3.05, 3.63) is 15.8 Å². The molecule has 0 aromatic carbocycles. The van der Waals surface area contributed by atoms with E-state index in [0.29, 0.717) is 16.9 Å². The van der Waals surface area contributed by atoms with Crippen LogP contribution in [-0.4, -0.2) is 21.2 Å². The first-order chi connectivity index (χ1) is 9.44. The molecule has 0 radical (unpaired) electrons. The van der Waals surface area contributed by atoms with Gasteiger partial charge in [-0.15, -0.1) is 0 Å². The summed E-state index contributed by atoms with van der Waals surface area (Å²) < 4.78 is 1.62. The van der Waals surface area contributed by atoms with Crippen molar-refractivity contribution in [2.75, 3.05) is 11.9 Å². The lowest BCUT2D eigenvalue weighted by Crippen LogP contribution is -2.19. The normalized spacial score (nSPS) is 20.2. The highest BCUT2D eigenvalue weighted by molar-refractivity contribution is 5.60. The molecule has 0 unspecified atom stereocenters. The standard InChI is InChI=1S/C14H22N4O2/c1-9(2)11-12(18(19)20)13(17(3)16-11)15-8-14(6-7-14)10-4-5-10/h9-10,15H,4-8H2,1-3H3. The molecule has 3 rings (SSSR count). The zero-order valence-corrected chi connectivity index (χ0v) is 12.3. The predicted molar refractivity (Wildman–Crippen MR) is 76.8 cm³/mol. The Labute approximate surface area is 118 Å². The van der Waals surface area contributed by atoms with E-state index in [1.54, 1.807) is 11.7 Å². The van der Waals surface area contributed by atoms with Gasteiger partial charge in [-0.1, -0.05) is 13.8 Å². The van der Waals surface area contributed by atoms with Crippen molar-refractivity contribution < 1.29 is 4.92 Å². The molecule has 1 N–H and O–H groups in total. The summed E-state index contributed by atoms with van der Waals surface area (Å²) in [6, 6.07) is 0. The van der Waals surface area contributed by atoms with Crippen LogP contribution in [0.4, 0.5) is 11.5 Å². The average molecular weight is 278 g/mol. The second-order valence-electron chi connectivity index (χ2n) is 6.61. The number of nitrogens with zero attached hydrogens (tertiary/aromatic N) is 3. The molecule has 0 spiro atoms. The van der Waals surface area contributed by atoms with Crippen LogP contribution >= 0.6 is 0 Å². The minimum Gasteiger partial charge on any atom is -0.364 e. The second kappa shape index (κ2) is 4.46. The van der Waals surface area contributed by atoms with E-state index in [0.717, 1.165) is 12.5 Å². The van der Waals surface area contributed by atoms with Crippen LogP contribution in [0.15, 0.2) is 0 Å². The quantitative estimate of drug-likeness (QED) is 0.641. The van der Waals surface area contributed by atoms with Gasteiger partial charge in [-0.2, -0.15) is 5.10 Å². The van der Waals surface area contributed by atoms with E-state index in [1.165, 1.54) is 25.7 Å². The van der Waals surface area contributed by atoms with Crippen LogP contribution < -0.4 is 5.32 Å². The summed E-state index contributed by atoms with van der Waals surface area (Å²) >= 11 is 0. The van der Waals surface area contributed by atoms with Crippen molar-refractivity contribution >= 4 is 11.5 Å². The van der Waals surface area contributed by atoms with Crippen LogP contribution in [0, 0.1) is 21.4 Å². The van der Waals surface area contributed by atoms with E-state index in [4.69, 9.17) is 0 Å². The Hall–Kier alpha value is -1.59. The van der Waals surface area contributed by atoms with Gasteiger partial charge in [-0.3, -0.25) is 10.1 Å². The molecule has 2 fully saturated rings. The fraction of sp³-hybridized carbons (Fsp3) is 0.786. The van der Waals surface area contributed by atoms with Gasteiger partial charge < -0.3 is 5.32 Å². The topological polar surface area (TPSA) is 73.0 Å². The summed E-state index contributed by atoms with van der Waals surface area (Å²) in [5.41, 5.74) is 1.13. The molecule has 1 heterocycles. The zero-order valence-electron chi connectivity index (χ0n) is 12.3. The van der Waals surface area contributed by atoms with E-state index in [2.05, 4.69) is 10.4 Å². The Kier molecular flexibility index (Phi) is 2.99. The van der Waals surface area contributed by atoms with E-state index < -0.39 is 0 Å². The fourth-order valence-electron chi connectivity index (χ4n) is 3.15. The molecule has 0 aliphatic heterocycles. The molecule has 1 aromatic heterocycles. The van der Waals surface area contributed by atoms with Gasteiger partial charge >= 0.3 is 5.69 Å². The summed E-state index contributed by atoms with van der Waals surface area (Å²) in [4.78, 5) is 11.1. The molecule has 110 valence electrons. The molecule has 6 heteroatoms. The van der Waals surface area contributed by atoms with Gasteiger partial charge in [-0.05, 0) is 37.0 Å². The molecule has 20 heavy (non-hydrogen) atoms. The summed E-state index contributed by atoms with van der Waals surface area (Å²) in [5, 5.41) is 19.0. The number of hydrogen-bond donors (Lipinski definition) is 1. The lowest BCUT2D eigenvalue weighted by atomic mass is 10.0. The van der Waals surface area contributed by atoms with Gasteiger partial charge in [0.25, 0.3) is 0 Å². The minimum absolute atomic E-state index is 0.0514. The number of nitrogens with one attached hydrogen (secondary N) is 1. The number of hydrogen-bond acceptors (Lipinski definition) is 4. The lowest BCUT2D eigenvalue weighted by Gasteiger charge is -2.15. The van der Waals surface area contributed by atoms with Crippen LogP contribution in [-0.2, 0) is 7.05 Å². The van der Waals surface area contributed by atoms with E-state index in [-0.39, 0.29) is 16.5 Å². The summed E-state index contributed by atoms with van der Waals surface area (Å²) in [5.74, 6) is 1.45. The number of aromatic nitrogens is 2. The lowest BCUT2D eigenvalue weighted by molar-refractivity contribution is -0.384. The summed E-state index contributed by atoms with van der Waals surface area (Å²) in [6.07, 6.45) is 5.17. The largest absolute Gasteiger partial charge is 0.364 e. The van der Waals surface area contributed by atoms with E-state index in [1.807, 2.05) is 13.8 Å². The summed E-state index contributed by atoms with van der Waals surface area (Å²) in [6.45, 7) is 4.72. The molecule has 2 aliphatic carbocycles. The number of nitro groups is 1. The van der Waals surface area contributed by atoms with Crippen molar-refractivity contribution in [3.63, 3.8) is 0 Å². The number of aryl methyl sites for hydroxylation is 1. The van der Waals surface area contributed by atoms with Crippen LogP contribution in [0.25, 0.3) is 0 Å². The SMILES string of the molecule is CC(C)c1nn(C)c(NCC2(C3CC3)CC2)c1[N+](=O)[O-]. The Morgan fingerprint density at radius 2 is 2.15 bits per heavy atom. The van der Waals surface area contributed by atoms with E-state index >= 15 is 0 Å². The highest BCUT2D eigenvalue weighted by Gasteiger charge is 2.53. The first-order valence-corrected chi connectivity index (χ1v) is 7.40. The van der Waals surface area contributed by atoms with Crippen molar-refractivity contribution in [1.29, 1.82) is 0 Å². The first kappa shape index (κ1) is 13.4. The van der Waals surface area contributed by atoms with Gasteiger partial charge in [0.15, 0.2) is 0 Å². The van der Waals surface area contributed by atoms with Crippen molar-refractivity contribution in [2.24, 2.45) is 18.4 Å². The Bertz CT molecular complexity index is 542. The van der Waals surface area contributed by atoms with Crippen LogP contribution in [0.5, 0.6) is 0 Å². The maximum absolute atomic E-state index is 11.4. The van der Waals surface area contributed by atoms with Crippen molar-refractivity contribution in [2.45, 2.75) is 45.4 Å². The molecule has 0 amide bonds. The van der Waals surface area contributed by atoms with Gasteiger partial charge in [0.1, 0.15) is 5.69 Å². The molecular formula is C14H22N4O2. The molecule has 0 bridgehead atoms. The second-order valence-corrected chi connectivity index (χ2v) is 6.61. The van der Waals surface area contributed by atoms with Crippen LogP contribution in [0.1, 0.15) is 51.1 Å². The third-order valence-corrected chi connectivity index (χ3v) is 4.72. The highest BCUT2D eigenvalue weighted by atomic mass is 16.6. The molecule has 0 atom stereocenters. The molecule has 2 saturated carbocycles.